The molecule has 0 saturated heterocycles. The monoisotopic (exact) mass is 267 g/mol. The summed E-state index contributed by atoms with van der Waals surface area (Å²) in [6, 6.07) is 2.01. The normalized spacial score (nSPS) is 10.4. The molecule has 4 heteroatoms. The van der Waals surface area contributed by atoms with Gasteiger partial charge in [0.2, 0.25) is 0 Å². The molecule has 1 rings (SSSR count). The number of hydrogen-bond donors (Lipinski definition) is 1. The molecular formula is C14H21NO2S. The largest absolute Gasteiger partial charge is 0.384 e. The highest BCUT2D eigenvalue weighted by Gasteiger charge is 2.08. The lowest BCUT2D eigenvalue weighted by Crippen LogP contribution is -2.26. The Morgan fingerprint density at radius 3 is 2.94 bits per heavy atom. The number of nitrogens with zero attached hydrogens (tertiary/aromatic N) is 1. The van der Waals surface area contributed by atoms with E-state index in [-0.39, 0.29) is 6.61 Å². The molecule has 0 atom stereocenters. The average molecular weight is 267 g/mol. The van der Waals surface area contributed by atoms with Gasteiger partial charge in [-0.05, 0) is 24.9 Å². The number of thiophene rings is 1. The van der Waals surface area contributed by atoms with Crippen LogP contribution in [0.2, 0.25) is 0 Å². The van der Waals surface area contributed by atoms with E-state index in [1.165, 1.54) is 4.88 Å². The molecule has 0 aliphatic rings. The van der Waals surface area contributed by atoms with E-state index in [1.54, 1.807) is 11.3 Å². The minimum Gasteiger partial charge on any atom is -0.384 e. The molecule has 0 amide bonds. The van der Waals surface area contributed by atoms with E-state index in [4.69, 9.17) is 9.84 Å². The molecule has 1 aromatic heterocycles. The van der Waals surface area contributed by atoms with E-state index in [0.717, 1.165) is 38.4 Å². The van der Waals surface area contributed by atoms with Crippen molar-refractivity contribution in [1.82, 2.24) is 4.90 Å². The van der Waals surface area contributed by atoms with Crippen molar-refractivity contribution in [2.75, 3.05) is 32.9 Å². The molecule has 0 saturated carbocycles. The van der Waals surface area contributed by atoms with Crippen molar-refractivity contribution in [3.63, 3.8) is 0 Å². The van der Waals surface area contributed by atoms with Crippen molar-refractivity contribution in [3.05, 3.63) is 21.9 Å². The van der Waals surface area contributed by atoms with Crippen LogP contribution < -0.4 is 0 Å². The smallest absolute Gasteiger partial charge is 0.104 e. The molecule has 0 aromatic carbocycles. The Bertz CT molecular complexity index is 392. The number of hydrogen-bond acceptors (Lipinski definition) is 4. The third kappa shape index (κ3) is 5.19. The van der Waals surface area contributed by atoms with Crippen LogP contribution in [0.25, 0.3) is 0 Å². The van der Waals surface area contributed by atoms with Crippen molar-refractivity contribution < 1.29 is 9.84 Å². The third-order valence-electron chi connectivity index (χ3n) is 2.62. The predicted octanol–water partition coefficient (Wildman–Crippen LogP) is 1.95. The van der Waals surface area contributed by atoms with E-state index in [1.807, 2.05) is 18.4 Å². The van der Waals surface area contributed by atoms with Crippen molar-refractivity contribution in [2.45, 2.75) is 20.4 Å². The van der Waals surface area contributed by atoms with Crippen LogP contribution in [0.5, 0.6) is 0 Å². The van der Waals surface area contributed by atoms with Gasteiger partial charge < -0.3 is 9.84 Å². The Morgan fingerprint density at radius 2 is 2.28 bits per heavy atom. The number of likely N-dealkylation sites (N-methyl/N-ethyl adjacent to an activating group) is 1. The molecule has 18 heavy (non-hydrogen) atoms. The fraction of sp³-hybridized carbons (Fsp3) is 0.571. The van der Waals surface area contributed by atoms with Gasteiger partial charge in [-0.1, -0.05) is 18.8 Å². The first-order valence-electron chi connectivity index (χ1n) is 6.28. The summed E-state index contributed by atoms with van der Waals surface area (Å²) < 4.78 is 5.38. The molecule has 1 aromatic rings. The Morgan fingerprint density at radius 1 is 1.44 bits per heavy atom. The SMILES string of the molecule is CCOCCN(CC)Cc1sccc1C#CCO. The van der Waals surface area contributed by atoms with Gasteiger partial charge in [0.1, 0.15) is 6.61 Å². The van der Waals surface area contributed by atoms with Crippen molar-refractivity contribution in [1.29, 1.82) is 0 Å². The summed E-state index contributed by atoms with van der Waals surface area (Å²) in [4.78, 5) is 3.60. The average Bonchev–Trinajstić information content (AvgIpc) is 2.82. The molecule has 0 spiro atoms. The van der Waals surface area contributed by atoms with Crippen LogP contribution in [0.3, 0.4) is 0 Å². The van der Waals surface area contributed by atoms with Crippen LogP contribution >= 0.6 is 11.3 Å². The Labute approximate surface area is 113 Å². The van der Waals surface area contributed by atoms with Crippen LogP contribution in [0.15, 0.2) is 11.4 Å². The lowest BCUT2D eigenvalue weighted by molar-refractivity contribution is 0.113. The quantitative estimate of drug-likeness (QED) is 0.605. The molecule has 1 N–H and O–H groups in total. The fourth-order valence-corrected chi connectivity index (χ4v) is 2.47. The Balaban J connectivity index is 2.55. The lowest BCUT2D eigenvalue weighted by Gasteiger charge is -2.19. The molecule has 0 aliphatic carbocycles. The minimum atomic E-state index is -0.0862. The molecule has 0 bridgehead atoms. The van der Waals surface area contributed by atoms with E-state index in [2.05, 4.69) is 23.7 Å². The minimum absolute atomic E-state index is 0.0862. The van der Waals surface area contributed by atoms with Gasteiger partial charge in [0.05, 0.1) is 6.61 Å². The van der Waals surface area contributed by atoms with Gasteiger partial charge in [-0.25, -0.2) is 0 Å². The molecule has 1 heterocycles. The molecule has 0 fully saturated rings. The summed E-state index contributed by atoms with van der Waals surface area (Å²) in [5.41, 5.74) is 1.03. The predicted molar refractivity (Wildman–Crippen MR) is 75.7 cm³/mol. The zero-order valence-electron chi connectivity index (χ0n) is 11.1. The summed E-state index contributed by atoms with van der Waals surface area (Å²) in [6.45, 7) is 8.45. The van der Waals surface area contributed by atoms with E-state index >= 15 is 0 Å². The second-order valence-electron chi connectivity index (χ2n) is 3.78. The summed E-state index contributed by atoms with van der Waals surface area (Å²) in [5.74, 6) is 5.70. The highest BCUT2D eigenvalue weighted by Crippen LogP contribution is 2.18. The highest BCUT2D eigenvalue weighted by molar-refractivity contribution is 7.10. The fourth-order valence-electron chi connectivity index (χ4n) is 1.60. The van der Waals surface area contributed by atoms with Gasteiger partial charge in [0, 0.05) is 30.1 Å². The van der Waals surface area contributed by atoms with Crippen LogP contribution in [0.1, 0.15) is 24.3 Å². The van der Waals surface area contributed by atoms with Gasteiger partial charge in [-0.2, -0.15) is 0 Å². The first-order valence-corrected chi connectivity index (χ1v) is 7.16. The molecule has 0 aliphatic heterocycles. The number of rotatable bonds is 7. The van der Waals surface area contributed by atoms with Crippen LogP contribution in [-0.2, 0) is 11.3 Å². The van der Waals surface area contributed by atoms with Crippen molar-refractivity contribution in [3.8, 4) is 11.8 Å². The first-order chi connectivity index (χ1) is 8.81. The zero-order chi connectivity index (χ0) is 13.2. The summed E-state index contributed by atoms with van der Waals surface area (Å²) in [7, 11) is 0. The lowest BCUT2D eigenvalue weighted by atomic mass is 10.2. The molecular weight excluding hydrogens is 246 g/mol. The third-order valence-corrected chi connectivity index (χ3v) is 3.52. The maximum Gasteiger partial charge on any atom is 0.104 e. The zero-order valence-corrected chi connectivity index (χ0v) is 11.9. The Hall–Kier alpha value is -0.860. The van der Waals surface area contributed by atoms with Gasteiger partial charge in [0.25, 0.3) is 0 Å². The molecule has 0 radical (unpaired) electrons. The highest BCUT2D eigenvalue weighted by atomic mass is 32.1. The van der Waals surface area contributed by atoms with E-state index in [0.29, 0.717) is 0 Å². The first kappa shape index (κ1) is 15.2. The maximum absolute atomic E-state index is 8.73. The van der Waals surface area contributed by atoms with Crippen LogP contribution in [-0.4, -0.2) is 42.9 Å². The van der Waals surface area contributed by atoms with Crippen LogP contribution in [0.4, 0.5) is 0 Å². The standard InChI is InChI=1S/C14H21NO2S/c1-3-15(8-10-17-4-2)12-14-13(6-5-9-16)7-11-18-14/h7,11,16H,3-4,8-10,12H2,1-2H3. The van der Waals surface area contributed by atoms with Gasteiger partial charge >= 0.3 is 0 Å². The van der Waals surface area contributed by atoms with Gasteiger partial charge in [-0.3, -0.25) is 4.90 Å². The van der Waals surface area contributed by atoms with E-state index in [9.17, 15) is 0 Å². The number of aliphatic hydroxyl groups is 1. The summed E-state index contributed by atoms with van der Waals surface area (Å²) in [6.07, 6.45) is 0. The van der Waals surface area contributed by atoms with Gasteiger partial charge in [0.15, 0.2) is 0 Å². The van der Waals surface area contributed by atoms with E-state index < -0.39 is 0 Å². The van der Waals surface area contributed by atoms with Crippen molar-refractivity contribution in [2.24, 2.45) is 0 Å². The number of ether oxygens (including phenoxy) is 1. The molecule has 100 valence electrons. The second-order valence-corrected chi connectivity index (χ2v) is 4.78. The molecule has 0 unspecified atom stereocenters. The topological polar surface area (TPSA) is 32.7 Å². The maximum atomic E-state index is 8.73. The second kappa shape index (κ2) is 9.12. The summed E-state index contributed by atoms with van der Waals surface area (Å²) >= 11 is 1.72. The Kier molecular flexibility index (Phi) is 7.70. The number of aliphatic hydroxyl groups excluding tert-OH is 1. The van der Waals surface area contributed by atoms with Gasteiger partial charge in [-0.15, -0.1) is 11.3 Å². The van der Waals surface area contributed by atoms with Crippen LogP contribution in [0, 0.1) is 11.8 Å². The summed E-state index contributed by atoms with van der Waals surface area (Å²) in [5, 5.41) is 10.8. The van der Waals surface area contributed by atoms with Crippen molar-refractivity contribution >= 4 is 11.3 Å². The molecule has 3 nitrogen and oxygen atoms in total.